The second-order valence-corrected chi connectivity index (χ2v) is 6.15. The van der Waals surface area contributed by atoms with Gasteiger partial charge in [0.1, 0.15) is 16.5 Å². The van der Waals surface area contributed by atoms with Gasteiger partial charge in [-0.1, -0.05) is 19.1 Å². The van der Waals surface area contributed by atoms with Gasteiger partial charge < -0.3 is 5.32 Å². The topological polar surface area (TPSA) is 37.8 Å². The van der Waals surface area contributed by atoms with Crippen molar-refractivity contribution in [2.45, 2.75) is 27.2 Å². The van der Waals surface area contributed by atoms with Crippen molar-refractivity contribution in [1.29, 1.82) is 0 Å². The maximum atomic E-state index is 4.64. The molecule has 0 unspecified atom stereocenters. The second kappa shape index (κ2) is 5.21. The van der Waals surface area contributed by atoms with Crippen LogP contribution in [0.4, 0.5) is 11.5 Å². The van der Waals surface area contributed by atoms with Gasteiger partial charge in [-0.3, -0.25) is 0 Å². The van der Waals surface area contributed by atoms with Gasteiger partial charge in [0, 0.05) is 17.0 Å². The fraction of sp³-hybridized carbons (Fsp3) is 0.250. The van der Waals surface area contributed by atoms with Crippen LogP contribution in [0.5, 0.6) is 0 Å². The summed E-state index contributed by atoms with van der Waals surface area (Å²) >= 11 is 1.72. The zero-order valence-electron chi connectivity index (χ0n) is 11.9. The highest BCUT2D eigenvalue weighted by Crippen LogP contribution is 2.30. The molecule has 3 nitrogen and oxygen atoms in total. The Bertz CT molecular complexity index is 762. The van der Waals surface area contributed by atoms with Crippen LogP contribution in [0.3, 0.4) is 0 Å². The van der Waals surface area contributed by atoms with Gasteiger partial charge in [0.05, 0.1) is 5.39 Å². The molecule has 102 valence electrons. The van der Waals surface area contributed by atoms with Gasteiger partial charge in [0.15, 0.2) is 0 Å². The van der Waals surface area contributed by atoms with Gasteiger partial charge >= 0.3 is 0 Å². The predicted molar refractivity (Wildman–Crippen MR) is 86.0 cm³/mol. The Morgan fingerprint density at radius 1 is 1.15 bits per heavy atom. The Balaban J connectivity index is 2.09. The van der Waals surface area contributed by atoms with Crippen LogP contribution < -0.4 is 5.32 Å². The molecule has 0 aliphatic heterocycles. The largest absolute Gasteiger partial charge is 0.340 e. The average molecular weight is 283 g/mol. The third-order valence-corrected chi connectivity index (χ3v) is 4.10. The molecule has 0 saturated carbocycles. The molecule has 0 aliphatic rings. The smallest absolute Gasteiger partial charge is 0.142 e. The minimum atomic E-state index is 0.843. The average Bonchev–Trinajstić information content (AvgIpc) is 2.79. The van der Waals surface area contributed by atoms with E-state index in [0.717, 1.165) is 34.0 Å². The van der Waals surface area contributed by atoms with Gasteiger partial charge in [-0.25, -0.2) is 9.97 Å². The van der Waals surface area contributed by atoms with E-state index >= 15 is 0 Å². The zero-order chi connectivity index (χ0) is 14.1. The van der Waals surface area contributed by atoms with Crippen molar-refractivity contribution in [3.05, 3.63) is 46.6 Å². The summed E-state index contributed by atoms with van der Waals surface area (Å²) < 4.78 is 0. The first-order valence-electron chi connectivity index (χ1n) is 6.76. The van der Waals surface area contributed by atoms with Gasteiger partial charge in [0.25, 0.3) is 0 Å². The van der Waals surface area contributed by atoms with E-state index in [0.29, 0.717) is 0 Å². The molecule has 1 N–H and O–H groups in total. The van der Waals surface area contributed by atoms with Crippen LogP contribution in [0.25, 0.3) is 10.2 Å². The highest BCUT2D eigenvalue weighted by Gasteiger charge is 2.10. The molecule has 0 atom stereocenters. The highest BCUT2D eigenvalue weighted by molar-refractivity contribution is 7.18. The Morgan fingerprint density at radius 2 is 2.00 bits per heavy atom. The molecule has 0 amide bonds. The van der Waals surface area contributed by atoms with Crippen molar-refractivity contribution in [3.8, 4) is 0 Å². The lowest BCUT2D eigenvalue weighted by Crippen LogP contribution is -1.99. The van der Waals surface area contributed by atoms with E-state index in [1.165, 1.54) is 10.4 Å². The normalized spacial score (nSPS) is 10.9. The fourth-order valence-electron chi connectivity index (χ4n) is 2.20. The van der Waals surface area contributed by atoms with Crippen molar-refractivity contribution in [1.82, 2.24) is 9.97 Å². The number of nitrogens with zero attached hydrogens (tertiary/aromatic N) is 2. The molecule has 1 aromatic carbocycles. The first kappa shape index (κ1) is 13.1. The van der Waals surface area contributed by atoms with Gasteiger partial charge in [-0.15, -0.1) is 11.3 Å². The lowest BCUT2D eigenvalue weighted by molar-refractivity contribution is 0.967. The van der Waals surface area contributed by atoms with Crippen LogP contribution in [-0.4, -0.2) is 9.97 Å². The summed E-state index contributed by atoms with van der Waals surface area (Å²) in [7, 11) is 0. The van der Waals surface area contributed by atoms with Gasteiger partial charge in [-0.2, -0.15) is 0 Å². The molecular weight excluding hydrogens is 266 g/mol. The van der Waals surface area contributed by atoms with Crippen LogP contribution in [-0.2, 0) is 6.42 Å². The van der Waals surface area contributed by atoms with Crippen LogP contribution in [0.15, 0.2) is 30.3 Å². The van der Waals surface area contributed by atoms with Crippen molar-refractivity contribution in [3.63, 3.8) is 0 Å². The molecule has 0 bridgehead atoms. The number of fused-ring (bicyclic) bond motifs is 1. The maximum absolute atomic E-state index is 4.64. The van der Waals surface area contributed by atoms with E-state index in [-0.39, 0.29) is 0 Å². The van der Waals surface area contributed by atoms with Crippen LogP contribution in [0.1, 0.15) is 23.2 Å². The first-order chi connectivity index (χ1) is 9.65. The minimum Gasteiger partial charge on any atom is -0.340 e. The molecule has 2 aromatic heterocycles. The minimum absolute atomic E-state index is 0.843. The lowest BCUT2D eigenvalue weighted by Gasteiger charge is -2.08. The number of hydrogen-bond donors (Lipinski definition) is 1. The summed E-state index contributed by atoms with van der Waals surface area (Å²) in [6.45, 7) is 6.28. The van der Waals surface area contributed by atoms with Crippen LogP contribution >= 0.6 is 11.3 Å². The molecule has 3 rings (SSSR count). The van der Waals surface area contributed by atoms with E-state index in [1.54, 1.807) is 11.3 Å². The Hall–Kier alpha value is -1.94. The van der Waals surface area contributed by atoms with Crippen molar-refractivity contribution in [2.75, 3.05) is 5.32 Å². The highest BCUT2D eigenvalue weighted by atomic mass is 32.1. The first-order valence-corrected chi connectivity index (χ1v) is 7.58. The summed E-state index contributed by atoms with van der Waals surface area (Å²) in [6, 6.07) is 10.5. The Morgan fingerprint density at radius 3 is 2.75 bits per heavy atom. The molecule has 3 aromatic rings. The van der Waals surface area contributed by atoms with E-state index in [1.807, 2.05) is 0 Å². The third-order valence-electron chi connectivity index (χ3n) is 3.16. The standard InChI is InChI=1S/C16H17N3S/c1-4-14-18-15(13-9-11(3)20-16(13)19-14)17-12-7-5-6-10(2)8-12/h5-9H,4H2,1-3H3,(H,17,18,19). The predicted octanol–water partition coefficient (Wildman–Crippen LogP) is 4.61. The molecule has 0 fully saturated rings. The van der Waals surface area contributed by atoms with Crippen molar-refractivity contribution in [2.24, 2.45) is 0 Å². The van der Waals surface area contributed by atoms with Crippen LogP contribution in [0.2, 0.25) is 0 Å². The molecule has 0 aliphatic carbocycles. The number of aromatic nitrogens is 2. The lowest BCUT2D eigenvalue weighted by atomic mass is 10.2. The quantitative estimate of drug-likeness (QED) is 0.762. The Kier molecular flexibility index (Phi) is 3.40. The summed E-state index contributed by atoms with van der Waals surface area (Å²) in [5.74, 6) is 1.79. The molecule has 0 spiro atoms. The summed E-state index contributed by atoms with van der Waals surface area (Å²) in [6.07, 6.45) is 0.843. The number of rotatable bonds is 3. The van der Waals surface area contributed by atoms with Gasteiger partial charge in [-0.05, 0) is 37.6 Å². The molecule has 0 radical (unpaired) electrons. The van der Waals surface area contributed by atoms with Crippen molar-refractivity contribution >= 4 is 33.1 Å². The molecule has 0 saturated heterocycles. The summed E-state index contributed by atoms with van der Waals surface area (Å²) in [5.41, 5.74) is 2.30. The van der Waals surface area contributed by atoms with Crippen LogP contribution in [0, 0.1) is 13.8 Å². The fourth-order valence-corrected chi connectivity index (χ4v) is 3.10. The maximum Gasteiger partial charge on any atom is 0.142 e. The van der Waals surface area contributed by atoms with E-state index in [4.69, 9.17) is 0 Å². The number of nitrogens with one attached hydrogen (secondary N) is 1. The van der Waals surface area contributed by atoms with Crippen molar-refractivity contribution < 1.29 is 0 Å². The summed E-state index contributed by atoms with van der Waals surface area (Å²) in [4.78, 5) is 11.6. The monoisotopic (exact) mass is 283 g/mol. The SMILES string of the molecule is CCc1nc(Nc2cccc(C)c2)c2cc(C)sc2n1. The molecule has 20 heavy (non-hydrogen) atoms. The molecule has 2 heterocycles. The number of thiophene rings is 1. The summed E-state index contributed by atoms with van der Waals surface area (Å²) in [5, 5.41) is 4.53. The zero-order valence-corrected chi connectivity index (χ0v) is 12.7. The number of benzene rings is 1. The molecule has 4 heteroatoms. The van der Waals surface area contributed by atoms with Gasteiger partial charge in [0.2, 0.25) is 0 Å². The van der Waals surface area contributed by atoms with E-state index in [9.17, 15) is 0 Å². The van der Waals surface area contributed by atoms with E-state index < -0.39 is 0 Å². The number of aryl methyl sites for hydroxylation is 3. The number of anilines is 2. The molecular formula is C16H17N3S. The number of hydrogen-bond acceptors (Lipinski definition) is 4. The Labute approximate surface area is 122 Å². The van der Waals surface area contributed by atoms with E-state index in [2.05, 4.69) is 66.4 Å². The third kappa shape index (κ3) is 2.51. The second-order valence-electron chi connectivity index (χ2n) is 4.91.